The lowest BCUT2D eigenvalue weighted by molar-refractivity contribution is -0.139. The summed E-state index contributed by atoms with van der Waals surface area (Å²) in [6, 6.07) is 0. The van der Waals surface area contributed by atoms with Crippen LogP contribution >= 0.6 is 11.8 Å². The van der Waals surface area contributed by atoms with Crippen LogP contribution in [0.4, 0.5) is 13.2 Å². The van der Waals surface area contributed by atoms with Crippen LogP contribution in [0, 0.1) is 6.42 Å². The maximum Gasteiger partial charge on any atom is 0.412 e. The van der Waals surface area contributed by atoms with E-state index in [1.54, 1.807) is 0 Å². The Balaban J connectivity index is 2.16. The van der Waals surface area contributed by atoms with Crippen LogP contribution in [-0.2, 0) is 9.59 Å². The highest BCUT2D eigenvalue weighted by molar-refractivity contribution is 8.15. The van der Waals surface area contributed by atoms with Crippen molar-refractivity contribution in [1.29, 1.82) is 0 Å². The molecule has 1 amide bonds. The number of rotatable bonds is 1. The maximum absolute atomic E-state index is 12.4. The number of halogens is 3. The Morgan fingerprint density at radius 1 is 1.22 bits per heavy atom. The number of thioether (sulfide) groups is 1. The van der Waals surface area contributed by atoms with Gasteiger partial charge in [-0.25, -0.2) is 0 Å². The minimum Gasteiger partial charge on any atom is -0.308 e. The second-order valence-corrected chi connectivity index (χ2v) is 4.85. The summed E-state index contributed by atoms with van der Waals surface area (Å²) in [7, 11) is 0. The van der Waals surface area contributed by atoms with E-state index < -0.39 is 22.8 Å². The van der Waals surface area contributed by atoms with Crippen LogP contribution in [0.25, 0.3) is 0 Å². The second kappa shape index (κ2) is 4.79. The topological polar surface area (TPSA) is 37.4 Å². The zero-order valence-electron chi connectivity index (χ0n) is 9.16. The fraction of sp³-hybridized carbons (Fsp3) is 0.364. The van der Waals surface area contributed by atoms with Crippen LogP contribution in [0.15, 0.2) is 23.4 Å². The quantitative estimate of drug-likeness (QED) is 0.688. The van der Waals surface area contributed by atoms with Gasteiger partial charge in [0, 0.05) is 30.0 Å². The highest BCUT2D eigenvalue weighted by Crippen LogP contribution is 2.33. The zero-order valence-corrected chi connectivity index (χ0v) is 9.98. The Morgan fingerprint density at radius 2 is 1.94 bits per heavy atom. The van der Waals surface area contributed by atoms with Gasteiger partial charge in [-0.05, 0) is 12.5 Å². The molecular formula is C11H9F3NO2S. The van der Waals surface area contributed by atoms with Crippen LogP contribution < -0.4 is 0 Å². The van der Waals surface area contributed by atoms with E-state index in [2.05, 4.69) is 0 Å². The number of allylic oxidation sites excluding steroid dienone is 4. The molecule has 1 aliphatic carbocycles. The molecule has 3 nitrogen and oxygen atoms in total. The average Bonchev–Trinajstić information content (AvgIpc) is 2.32. The third kappa shape index (κ3) is 2.60. The SMILES string of the molecule is O=C1SCCN(C2=CC=C(C(F)(F)F)C[CH]2)C1=O. The molecule has 0 N–H and O–H groups in total. The van der Waals surface area contributed by atoms with Crippen LogP contribution in [0.3, 0.4) is 0 Å². The summed E-state index contributed by atoms with van der Waals surface area (Å²) >= 11 is 0.932. The number of hydrogen-bond acceptors (Lipinski definition) is 3. The number of carbonyl (C=O) groups excluding carboxylic acids is 2. The molecule has 2 rings (SSSR count). The number of alkyl halides is 3. The van der Waals surface area contributed by atoms with Gasteiger partial charge in [0.2, 0.25) is 0 Å². The molecule has 1 fully saturated rings. The van der Waals surface area contributed by atoms with Gasteiger partial charge in [-0.2, -0.15) is 13.2 Å². The van der Waals surface area contributed by atoms with Gasteiger partial charge < -0.3 is 4.90 Å². The van der Waals surface area contributed by atoms with Crippen molar-refractivity contribution in [2.24, 2.45) is 0 Å². The summed E-state index contributed by atoms with van der Waals surface area (Å²) in [4.78, 5) is 24.0. The number of carbonyl (C=O) groups is 2. The summed E-state index contributed by atoms with van der Waals surface area (Å²) in [6.45, 7) is 0.340. The van der Waals surface area contributed by atoms with Gasteiger partial charge in [-0.3, -0.25) is 9.59 Å². The minimum atomic E-state index is -4.35. The Morgan fingerprint density at radius 3 is 2.50 bits per heavy atom. The lowest BCUT2D eigenvalue weighted by Crippen LogP contribution is -2.41. The Kier molecular flexibility index (Phi) is 3.52. The standard InChI is InChI=1S/C11H9F3NO2S/c12-11(13,14)7-1-3-8(4-2-7)15-5-6-18-10(17)9(15)16/h1,3-4H,2,5-6H2. The van der Waals surface area contributed by atoms with Crippen LogP contribution in [-0.4, -0.2) is 34.4 Å². The highest BCUT2D eigenvalue weighted by Gasteiger charge is 2.36. The monoisotopic (exact) mass is 276 g/mol. The summed E-state index contributed by atoms with van der Waals surface area (Å²) in [5.41, 5.74) is -0.293. The van der Waals surface area contributed by atoms with Crippen molar-refractivity contribution in [2.75, 3.05) is 12.3 Å². The van der Waals surface area contributed by atoms with Crippen molar-refractivity contribution in [3.8, 4) is 0 Å². The van der Waals surface area contributed by atoms with Gasteiger partial charge in [0.1, 0.15) is 0 Å². The first-order valence-corrected chi connectivity index (χ1v) is 6.18. The fourth-order valence-electron chi connectivity index (χ4n) is 1.70. The summed E-state index contributed by atoms with van der Waals surface area (Å²) in [6.07, 6.45) is -1.12. The van der Waals surface area contributed by atoms with E-state index in [9.17, 15) is 22.8 Å². The third-order valence-corrected chi connectivity index (χ3v) is 3.45. The molecule has 1 aliphatic heterocycles. The molecule has 18 heavy (non-hydrogen) atoms. The van der Waals surface area contributed by atoms with Crippen LogP contribution in [0.5, 0.6) is 0 Å². The van der Waals surface area contributed by atoms with Gasteiger partial charge in [-0.1, -0.05) is 17.8 Å². The van der Waals surface area contributed by atoms with Gasteiger partial charge in [0.25, 0.3) is 5.12 Å². The molecule has 0 aromatic heterocycles. The van der Waals surface area contributed by atoms with Crippen molar-refractivity contribution >= 4 is 22.8 Å². The predicted molar refractivity (Wildman–Crippen MR) is 60.3 cm³/mol. The van der Waals surface area contributed by atoms with Crippen molar-refractivity contribution in [2.45, 2.75) is 12.6 Å². The molecule has 7 heteroatoms. The first-order chi connectivity index (χ1) is 8.39. The number of hydrogen-bond donors (Lipinski definition) is 0. The smallest absolute Gasteiger partial charge is 0.308 e. The van der Waals surface area contributed by atoms with Gasteiger partial charge >= 0.3 is 12.1 Å². The van der Waals surface area contributed by atoms with Crippen LogP contribution in [0.2, 0.25) is 0 Å². The largest absolute Gasteiger partial charge is 0.412 e. The van der Waals surface area contributed by atoms with Gasteiger partial charge in [0.15, 0.2) is 0 Å². The zero-order chi connectivity index (χ0) is 13.3. The van der Waals surface area contributed by atoms with Gasteiger partial charge in [0.05, 0.1) is 0 Å². The summed E-state index contributed by atoms with van der Waals surface area (Å²) in [5, 5.41) is -0.568. The summed E-state index contributed by atoms with van der Waals surface area (Å²) < 4.78 is 37.2. The van der Waals surface area contributed by atoms with E-state index in [1.807, 2.05) is 0 Å². The van der Waals surface area contributed by atoms with E-state index in [-0.39, 0.29) is 6.42 Å². The third-order valence-electron chi connectivity index (χ3n) is 2.63. The van der Waals surface area contributed by atoms with E-state index in [0.29, 0.717) is 18.0 Å². The van der Waals surface area contributed by atoms with Crippen molar-refractivity contribution in [3.63, 3.8) is 0 Å². The molecule has 0 aromatic carbocycles. The molecule has 0 spiro atoms. The Bertz CT molecular complexity index is 454. The molecular weight excluding hydrogens is 267 g/mol. The minimum absolute atomic E-state index is 0.277. The van der Waals surface area contributed by atoms with Crippen molar-refractivity contribution < 1.29 is 22.8 Å². The molecule has 0 bridgehead atoms. The molecule has 97 valence electrons. The van der Waals surface area contributed by atoms with E-state index >= 15 is 0 Å². The van der Waals surface area contributed by atoms with Crippen LogP contribution in [0.1, 0.15) is 6.42 Å². The fourth-order valence-corrected chi connectivity index (χ4v) is 2.39. The van der Waals surface area contributed by atoms with Gasteiger partial charge in [-0.15, -0.1) is 0 Å². The van der Waals surface area contributed by atoms with Crippen molar-refractivity contribution in [1.82, 2.24) is 4.90 Å². The lowest BCUT2D eigenvalue weighted by Gasteiger charge is -2.29. The molecule has 0 saturated carbocycles. The predicted octanol–water partition coefficient (Wildman–Crippen LogP) is 2.07. The normalized spacial score (nSPS) is 21.8. The number of nitrogens with zero attached hydrogens (tertiary/aromatic N) is 1. The van der Waals surface area contributed by atoms with E-state index in [0.717, 1.165) is 17.8 Å². The Labute approximate surface area is 106 Å². The highest BCUT2D eigenvalue weighted by atomic mass is 32.2. The maximum atomic E-state index is 12.4. The second-order valence-electron chi connectivity index (χ2n) is 3.78. The molecule has 0 unspecified atom stereocenters. The van der Waals surface area contributed by atoms with E-state index in [1.165, 1.54) is 17.4 Å². The number of amides is 1. The molecule has 2 aliphatic rings. The molecule has 1 heterocycles. The lowest BCUT2D eigenvalue weighted by atomic mass is 10.0. The first-order valence-electron chi connectivity index (χ1n) is 5.19. The molecule has 0 aromatic rings. The first kappa shape index (κ1) is 13.2. The molecule has 1 saturated heterocycles. The Hall–Kier alpha value is -1.24. The van der Waals surface area contributed by atoms with Crippen molar-refractivity contribution in [3.05, 3.63) is 29.8 Å². The molecule has 1 radical (unpaired) electrons. The van der Waals surface area contributed by atoms with E-state index in [4.69, 9.17) is 0 Å². The average molecular weight is 276 g/mol. The summed E-state index contributed by atoms with van der Waals surface area (Å²) in [5.74, 6) is -0.205. The molecule has 0 atom stereocenters.